The summed E-state index contributed by atoms with van der Waals surface area (Å²) in [4.78, 5) is 2.43. The minimum Gasteiger partial charge on any atom is -0.487 e. The molecule has 0 saturated carbocycles. The van der Waals surface area contributed by atoms with Crippen molar-refractivity contribution in [3.05, 3.63) is 90.1 Å². The summed E-state index contributed by atoms with van der Waals surface area (Å²) in [6, 6.07) is 18.6. The van der Waals surface area contributed by atoms with Crippen molar-refractivity contribution in [1.29, 1.82) is 0 Å². The van der Waals surface area contributed by atoms with Crippen molar-refractivity contribution in [3.8, 4) is 5.75 Å². The highest BCUT2D eigenvalue weighted by molar-refractivity contribution is 14.1. The van der Waals surface area contributed by atoms with Crippen LogP contribution in [0.4, 0.5) is 0 Å². The van der Waals surface area contributed by atoms with E-state index in [0.717, 1.165) is 29.6 Å². The molecule has 5 nitrogen and oxygen atoms in total. The van der Waals surface area contributed by atoms with E-state index in [1.807, 2.05) is 31.2 Å². The van der Waals surface area contributed by atoms with Crippen LogP contribution in [0.25, 0.3) is 0 Å². The molecule has 0 amide bonds. The normalized spacial score (nSPS) is 11.6. The smallest absolute Gasteiger partial charge is 0.276 e. The average Bonchev–Trinajstić information content (AvgIpc) is 2.67. The fraction of sp³-hybridized carbons (Fsp3) is 0.136. The van der Waals surface area contributed by atoms with Crippen molar-refractivity contribution in [3.63, 3.8) is 0 Å². The number of sulfonamides is 1. The first kappa shape index (κ1) is 23.0. The van der Waals surface area contributed by atoms with Gasteiger partial charge < -0.3 is 4.74 Å². The van der Waals surface area contributed by atoms with Gasteiger partial charge in [0.1, 0.15) is 12.4 Å². The number of hydrogen-bond donors (Lipinski definition) is 1. The largest absolute Gasteiger partial charge is 0.487 e. The van der Waals surface area contributed by atoms with Crippen LogP contribution in [0.5, 0.6) is 5.75 Å². The molecule has 0 aliphatic heterocycles. The van der Waals surface area contributed by atoms with Gasteiger partial charge in [-0.1, -0.05) is 47.5 Å². The summed E-state index contributed by atoms with van der Waals surface area (Å²) >= 11 is 4.42. The lowest BCUT2D eigenvalue weighted by atomic mass is 10.1. The molecule has 0 fully saturated rings. The van der Waals surface area contributed by atoms with Crippen LogP contribution in [0, 0.1) is 21.0 Å². The van der Waals surface area contributed by atoms with E-state index in [1.165, 1.54) is 11.8 Å². The maximum atomic E-state index is 12.3. The zero-order valence-electron chi connectivity index (χ0n) is 16.4. The predicted molar refractivity (Wildman–Crippen MR) is 136 cm³/mol. The molecule has 3 aromatic rings. The molecular formula is C22H20I2N2O3S. The van der Waals surface area contributed by atoms with Gasteiger partial charge >= 0.3 is 0 Å². The molecule has 0 aliphatic rings. The number of halogens is 2. The summed E-state index contributed by atoms with van der Waals surface area (Å²) in [7, 11) is -3.69. The van der Waals surface area contributed by atoms with Gasteiger partial charge in [-0.05, 0) is 94.4 Å². The minimum atomic E-state index is -3.69. The maximum absolute atomic E-state index is 12.3. The van der Waals surface area contributed by atoms with Crippen molar-refractivity contribution >= 4 is 61.4 Å². The first-order valence-electron chi connectivity index (χ1n) is 9.03. The lowest BCUT2D eigenvalue weighted by Crippen LogP contribution is -2.18. The molecule has 0 bridgehead atoms. The van der Waals surface area contributed by atoms with Gasteiger partial charge in [0.25, 0.3) is 10.0 Å². The SMILES string of the molecule is Cc1ccc(S(=O)(=O)N/N=C\c2cc(I)c(OCc3cccc(C)c3)c(I)c2)cc1. The maximum Gasteiger partial charge on any atom is 0.276 e. The number of nitrogens with one attached hydrogen (secondary N) is 1. The minimum absolute atomic E-state index is 0.175. The average molecular weight is 646 g/mol. The molecule has 3 rings (SSSR count). The number of rotatable bonds is 7. The molecule has 0 unspecified atom stereocenters. The van der Waals surface area contributed by atoms with E-state index in [4.69, 9.17) is 4.74 Å². The Morgan fingerprint density at radius 2 is 1.63 bits per heavy atom. The van der Waals surface area contributed by atoms with Gasteiger partial charge in [0.05, 0.1) is 18.3 Å². The van der Waals surface area contributed by atoms with Gasteiger partial charge in [-0.25, -0.2) is 4.83 Å². The molecule has 3 aromatic carbocycles. The number of aryl methyl sites for hydroxylation is 2. The summed E-state index contributed by atoms with van der Waals surface area (Å²) in [5.74, 6) is 0.801. The van der Waals surface area contributed by atoms with Gasteiger partial charge in [0, 0.05) is 0 Å². The van der Waals surface area contributed by atoms with E-state index in [0.29, 0.717) is 6.61 Å². The number of hydrogen-bond acceptors (Lipinski definition) is 4. The lowest BCUT2D eigenvalue weighted by molar-refractivity contribution is 0.301. The van der Waals surface area contributed by atoms with Crippen LogP contribution >= 0.6 is 45.2 Å². The van der Waals surface area contributed by atoms with Crippen molar-refractivity contribution in [1.82, 2.24) is 4.83 Å². The molecule has 156 valence electrons. The van der Waals surface area contributed by atoms with E-state index >= 15 is 0 Å². The summed E-state index contributed by atoms with van der Waals surface area (Å²) in [6.45, 7) is 4.44. The van der Waals surface area contributed by atoms with Crippen molar-refractivity contribution in [2.24, 2.45) is 5.10 Å². The number of benzene rings is 3. The van der Waals surface area contributed by atoms with Crippen LogP contribution in [-0.2, 0) is 16.6 Å². The molecule has 0 aromatic heterocycles. The first-order valence-corrected chi connectivity index (χ1v) is 12.7. The third-order valence-corrected chi connectivity index (χ3v) is 7.05. The molecule has 8 heteroatoms. The molecule has 1 N–H and O–H groups in total. The quantitative estimate of drug-likeness (QED) is 0.213. The van der Waals surface area contributed by atoms with Crippen molar-refractivity contribution in [2.45, 2.75) is 25.3 Å². The van der Waals surface area contributed by atoms with E-state index < -0.39 is 10.0 Å². The Hall–Kier alpha value is -1.66. The second-order valence-corrected chi connectivity index (χ2v) is 10.7. The Morgan fingerprint density at radius 1 is 0.967 bits per heavy atom. The highest BCUT2D eigenvalue weighted by Gasteiger charge is 2.12. The van der Waals surface area contributed by atoms with Gasteiger partial charge in [-0.15, -0.1) is 0 Å². The van der Waals surface area contributed by atoms with Crippen LogP contribution in [-0.4, -0.2) is 14.6 Å². The van der Waals surface area contributed by atoms with Gasteiger partial charge in [0.2, 0.25) is 0 Å². The number of hydrazone groups is 1. The topological polar surface area (TPSA) is 67.8 Å². The predicted octanol–water partition coefficient (Wildman–Crippen LogP) is 5.40. The zero-order valence-corrected chi connectivity index (χ0v) is 21.5. The second kappa shape index (κ2) is 10.1. The molecule has 0 radical (unpaired) electrons. The first-order chi connectivity index (χ1) is 14.2. The fourth-order valence-corrected chi connectivity index (χ4v) is 5.61. The summed E-state index contributed by atoms with van der Waals surface area (Å²) < 4.78 is 32.5. The molecule has 30 heavy (non-hydrogen) atoms. The number of ether oxygens (including phenoxy) is 1. The monoisotopic (exact) mass is 646 g/mol. The van der Waals surface area contributed by atoms with Crippen LogP contribution in [0.3, 0.4) is 0 Å². The van der Waals surface area contributed by atoms with E-state index in [9.17, 15) is 8.42 Å². The highest BCUT2D eigenvalue weighted by atomic mass is 127. The second-order valence-electron chi connectivity index (χ2n) is 6.76. The molecular weight excluding hydrogens is 626 g/mol. The van der Waals surface area contributed by atoms with E-state index in [2.05, 4.69) is 74.2 Å². The fourth-order valence-electron chi connectivity index (χ4n) is 2.69. The Kier molecular flexibility index (Phi) is 7.75. The molecule has 0 saturated heterocycles. The summed E-state index contributed by atoms with van der Waals surface area (Å²) in [6.07, 6.45) is 1.49. The standard InChI is InChI=1S/C22H20I2N2O3S/c1-15-6-8-19(9-7-15)30(27,28)26-25-13-18-11-20(23)22(21(24)12-18)29-14-17-5-3-4-16(2)10-17/h3-13,26H,14H2,1-2H3/b25-13-. The van der Waals surface area contributed by atoms with Gasteiger partial charge in [-0.2, -0.15) is 13.5 Å². The van der Waals surface area contributed by atoms with Gasteiger partial charge in [-0.3, -0.25) is 0 Å². The van der Waals surface area contributed by atoms with E-state index in [1.54, 1.807) is 24.3 Å². The third kappa shape index (κ3) is 6.17. The lowest BCUT2D eigenvalue weighted by Gasteiger charge is -2.12. The summed E-state index contributed by atoms with van der Waals surface area (Å²) in [5.41, 5.74) is 4.07. The van der Waals surface area contributed by atoms with Crippen molar-refractivity contribution in [2.75, 3.05) is 0 Å². The van der Waals surface area contributed by atoms with Crippen molar-refractivity contribution < 1.29 is 13.2 Å². The highest BCUT2D eigenvalue weighted by Crippen LogP contribution is 2.29. The van der Waals surface area contributed by atoms with Crippen LogP contribution < -0.4 is 9.57 Å². The van der Waals surface area contributed by atoms with Crippen LogP contribution in [0.2, 0.25) is 0 Å². The number of nitrogens with zero attached hydrogens (tertiary/aromatic N) is 1. The molecule has 0 heterocycles. The third-order valence-electron chi connectivity index (χ3n) is 4.20. The molecule has 0 aliphatic carbocycles. The van der Waals surface area contributed by atoms with E-state index in [-0.39, 0.29) is 4.90 Å². The Morgan fingerprint density at radius 3 is 2.27 bits per heavy atom. The Labute approximate surface area is 204 Å². The van der Waals surface area contributed by atoms with Gasteiger partial charge in [0.15, 0.2) is 0 Å². The Balaban J connectivity index is 1.69. The molecule has 0 spiro atoms. The van der Waals surface area contributed by atoms with Crippen LogP contribution in [0.1, 0.15) is 22.3 Å². The summed E-state index contributed by atoms with van der Waals surface area (Å²) in [5, 5.41) is 3.92. The Bertz CT molecular complexity index is 1150. The van der Waals surface area contributed by atoms with Crippen LogP contribution in [0.15, 0.2) is 70.7 Å². The molecule has 0 atom stereocenters. The zero-order chi connectivity index (χ0) is 21.7.